The molecule has 0 radical (unpaired) electrons. The van der Waals surface area contributed by atoms with Gasteiger partial charge in [0.15, 0.2) is 0 Å². The zero-order valence-corrected chi connectivity index (χ0v) is 20.3. The number of hydrogen-bond donors (Lipinski definition) is 2. The third kappa shape index (κ3) is 7.38. The molecule has 180 valence electrons. The molecule has 2 atom stereocenters. The fraction of sp³-hybridized carbons (Fsp3) is 0.409. The van der Waals surface area contributed by atoms with Gasteiger partial charge in [-0.25, -0.2) is 17.7 Å². The molecule has 2 aromatic rings. The highest BCUT2D eigenvalue weighted by atomic mass is 32.2. The second kappa shape index (κ2) is 11.3. The van der Waals surface area contributed by atoms with Crippen LogP contribution < -0.4 is 14.8 Å². The van der Waals surface area contributed by atoms with Crippen molar-refractivity contribution in [3.05, 3.63) is 54.6 Å². The lowest BCUT2D eigenvalue weighted by Gasteiger charge is -2.30. The number of rotatable bonds is 10. The van der Waals surface area contributed by atoms with Crippen LogP contribution in [0.3, 0.4) is 0 Å². The van der Waals surface area contributed by atoms with Crippen molar-refractivity contribution < 1.29 is 31.6 Å². The quantitative estimate of drug-likeness (QED) is 0.363. The molecule has 1 amide bonds. The van der Waals surface area contributed by atoms with E-state index in [1.165, 1.54) is 12.1 Å². The van der Waals surface area contributed by atoms with Crippen LogP contribution in [0.5, 0.6) is 11.5 Å². The van der Waals surface area contributed by atoms with E-state index in [0.717, 1.165) is 0 Å². The number of ether oxygens (including phenoxy) is 1. The molecular weight excluding hydrogens is 467 g/mol. The number of amides is 1. The SMILES string of the molecule is CC1CC(C)OP(=O)(C(=O)NCCCCNS(=O)(=O)c2ccc(Oc3ccccc3)cc2)O1. The molecule has 1 saturated heterocycles. The number of para-hydroxylation sites is 1. The maximum absolute atomic E-state index is 12.5. The van der Waals surface area contributed by atoms with Crippen LogP contribution in [0.2, 0.25) is 0 Å². The summed E-state index contributed by atoms with van der Waals surface area (Å²) in [6, 6.07) is 15.3. The second-order valence-electron chi connectivity index (χ2n) is 7.79. The van der Waals surface area contributed by atoms with Crippen LogP contribution in [-0.2, 0) is 23.6 Å². The molecule has 3 rings (SSSR count). The van der Waals surface area contributed by atoms with Crippen LogP contribution in [0, 0.1) is 0 Å². The molecule has 0 bridgehead atoms. The van der Waals surface area contributed by atoms with E-state index in [2.05, 4.69) is 10.0 Å². The van der Waals surface area contributed by atoms with Crippen molar-refractivity contribution in [1.29, 1.82) is 0 Å². The predicted molar refractivity (Wildman–Crippen MR) is 124 cm³/mol. The van der Waals surface area contributed by atoms with Crippen LogP contribution in [0.4, 0.5) is 4.79 Å². The van der Waals surface area contributed by atoms with Crippen LogP contribution in [-0.4, -0.2) is 39.4 Å². The standard InChI is InChI=1S/C22H29N2O7PS/c1-17-16-18(2)31-32(26,30-17)22(25)23-14-6-7-15-24-33(27,28)21-12-10-20(11-13-21)29-19-8-4-3-5-9-19/h3-5,8-13,17-18,24H,6-7,14-16H2,1-2H3,(H,23,25). The molecule has 1 aliphatic rings. The Bertz CT molecular complexity index is 1060. The van der Waals surface area contributed by atoms with E-state index in [1.807, 2.05) is 30.3 Å². The molecule has 9 nitrogen and oxygen atoms in total. The first-order valence-electron chi connectivity index (χ1n) is 10.8. The molecule has 1 heterocycles. The minimum atomic E-state index is -3.84. The molecule has 2 aromatic carbocycles. The fourth-order valence-corrected chi connectivity index (χ4v) is 6.03. The van der Waals surface area contributed by atoms with Gasteiger partial charge in [-0.3, -0.25) is 13.8 Å². The van der Waals surface area contributed by atoms with E-state index in [-0.39, 0.29) is 30.2 Å². The fourth-order valence-electron chi connectivity index (χ4n) is 3.29. The largest absolute Gasteiger partial charge is 0.457 e. The van der Waals surface area contributed by atoms with Crippen molar-refractivity contribution in [3.63, 3.8) is 0 Å². The lowest BCUT2D eigenvalue weighted by atomic mass is 10.2. The van der Waals surface area contributed by atoms with E-state index >= 15 is 0 Å². The van der Waals surface area contributed by atoms with Gasteiger partial charge in [0.25, 0.3) is 0 Å². The van der Waals surface area contributed by atoms with E-state index in [1.54, 1.807) is 26.0 Å². The molecule has 0 saturated carbocycles. The smallest absolute Gasteiger partial charge is 0.418 e. The topological polar surface area (TPSA) is 120 Å². The Morgan fingerprint density at radius 3 is 2.18 bits per heavy atom. The Kier molecular flexibility index (Phi) is 8.67. The number of nitrogens with one attached hydrogen (secondary N) is 2. The number of sulfonamides is 1. The van der Waals surface area contributed by atoms with Crippen molar-refractivity contribution in [2.24, 2.45) is 0 Å². The zero-order valence-electron chi connectivity index (χ0n) is 18.6. The highest BCUT2D eigenvalue weighted by Crippen LogP contribution is 2.54. The van der Waals surface area contributed by atoms with Gasteiger partial charge in [0.1, 0.15) is 11.5 Å². The van der Waals surface area contributed by atoms with Gasteiger partial charge in [-0.1, -0.05) is 18.2 Å². The highest BCUT2D eigenvalue weighted by Gasteiger charge is 2.42. The molecule has 2 unspecified atom stereocenters. The van der Waals surface area contributed by atoms with E-state index < -0.39 is 23.3 Å². The first-order chi connectivity index (χ1) is 15.7. The van der Waals surface area contributed by atoms with Crippen molar-refractivity contribution in [2.45, 2.75) is 50.2 Å². The van der Waals surface area contributed by atoms with Crippen molar-refractivity contribution in [2.75, 3.05) is 13.1 Å². The summed E-state index contributed by atoms with van der Waals surface area (Å²) in [6.45, 7) is 3.91. The highest BCUT2D eigenvalue weighted by molar-refractivity contribution is 7.89. The Labute approximate surface area is 194 Å². The molecule has 0 aromatic heterocycles. The lowest BCUT2D eigenvalue weighted by Crippen LogP contribution is -2.32. The molecule has 2 N–H and O–H groups in total. The minimum absolute atomic E-state index is 0.129. The summed E-state index contributed by atoms with van der Waals surface area (Å²) in [5.74, 6) is 1.19. The summed E-state index contributed by atoms with van der Waals surface area (Å²) in [5, 5.41) is 2.55. The van der Waals surface area contributed by atoms with Crippen LogP contribution >= 0.6 is 7.60 Å². The van der Waals surface area contributed by atoms with Gasteiger partial charge in [0, 0.05) is 19.5 Å². The summed E-state index contributed by atoms with van der Waals surface area (Å²) in [5.41, 5.74) is -0.765. The summed E-state index contributed by atoms with van der Waals surface area (Å²) >= 11 is 0. The zero-order chi connectivity index (χ0) is 23.9. The van der Waals surface area contributed by atoms with Gasteiger partial charge in [-0.15, -0.1) is 0 Å². The number of hydrogen-bond acceptors (Lipinski definition) is 7. The second-order valence-corrected chi connectivity index (χ2v) is 11.4. The third-order valence-electron chi connectivity index (χ3n) is 4.83. The van der Waals surface area contributed by atoms with Crippen LogP contribution in [0.1, 0.15) is 33.1 Å². The van der Waals surface area contributed by atoms with Crippen molar-refractivity contribution in [3.8, 4) is 11.5 Å². The Morgan fingerprint density at radius 1 is 0.970 bits per heavy atom. The summed E-state index contributed by atoms with van der Waals surface area (Å²) in [4.78, 5) is 12.3. The Balaban J connectivity index is 1.39. The Hall–Kier alpha value is -2.23. The molecule has 11 heteroatoms. The molecule has 1 fully saturated rings. The van der Waals surface area contributed by atoms with E-state index in [9.17, 15) is 17.8 Å². The first-order valence-corrected chi connectivity index (χ1v) is 13.8. The molecular formula is C22H29N2O7PS. The Morgan fingerprint density at radius 2 is 1.55 bits per heavy atom. The minimum Gasteiger partial charge on any atom is -0.457 e. The van der Waals surface area contributed by atoms with Gasteiger partial charge >= 0.3 is 13.2 Å². The maximum atomic E-state index is 12.5. The normalized spacial score (nSPS) is 23.1. The molecule has 33 heavy (non-hydrogen) atoms. The lowest BCUT2D eigenvalue weighted by molar-refractivity contribution is 0.0518. The van der Waals surface area contributed by atoms with Gasteiger partial charge < -0.3 is 10.1 Å². The van der Waals surface area contributed by atoms with E-state index in [0.29, 0.717) is 30.8 Å². The van der Waals surface area contributed by atoms with Gasteiger partial charge in [-0.2, -0.15) is 0 Å². The summed E-state index contributed by atoms with van der Waals surface area (Å²) in [6.07, 6.45) is 0.897. The average molecular weight is 497 g/mol. The first kappa shape index (κ1) is 25.4. The van der Waals surface area contributed by atoms with Crippen molar-refractivity contribution >= 4 is 23.3 Å². The van der Waals surface area contributed by atoms with Gasteiger partial charge in [0.05, 0.1) is 17.1 Å². The predicted octanol–water partition coefficient (Wildman–Crippen LogP) is 4.65. The molecule has 0 spiro atoms. The number of carbonyl (C=O) groups excluding carboxylic acids is 1. The maximum Gasteiger partial charge on any atom is 0.418 e. The van der Waals surface area contributed by atoms with Crippen LogP contribution in [0.25, 0.3) is 0 Å². The van der Waals surface area contributed by atoms with Crippen molar-refractivity contribution in [1.82, 2.24) is 10.0 Å². The number of unbranched alkanes of at least 4 members (excludes halogenated alkanes) is 1. The summed E-state index contributed by atoms with van der Waals surface area (Å²) < 4.78 is 56.1. The van der Waals surface area contributed by atoms with Gasteiger partial charge in [-0.05, 0) is 63.1 Å². The average Bonchev–Trinajstić information content (AvgIpc) is 2.76. The number of carbonyl (C=O) groups is 1. The third-order valence-corrected chi connectivity index (χ3v) is 8.24. The summed E-state index contributed by atoms with van der Waals surface area (Å²) in [7, 11) is -7.51. The molecule has 0 aliphatic carbocycles. The van der Waals surface area contributed by atoms with E-state index in [4.69, 9.17) is 13.8 Å². The monoisotopic (exact) mass is 496 g/mol. The van der Waals surface area contributed by atoms with Crippen LogP contribution in [0.15, 0.2) is 59.5 Å². The van der Waals surface area contributed by atoms with Gasteiger partial charge in [0.2, 0.25) is 10.0 Å². The number of benzene rings is 2. The molecule has 1 aliphatic heterocycles.